The van der Waals surface area contributed by atoms with E-state index >= 15 is 0 Å². The molecule has 0 saturated carbocycles. The Morgan fingerprint density at radius 1 is 0.667 bits per heavy atom. The van der Waals surface area contributed by atoms with Crippen molar-refractivity contribution in [3.63, 3.8) is 0 Å². The van der Waals surface area contributed by atoms with Gasteiger partial charge in [-0.1, -0.05) is 36.4 Å². The lowest BCUT2D eigenvalue weighted by Crippen LogP contribution is -2.12. The van der Waals surface area contributed by atoms with Gasteiger partial charge in [0.2, 0.25) is 5.88 Å². The molecule has 196 valence electrons. The monoisotopic (exact) mass is 522 g/mol. The van der Waals surface area contributed by atoms with E-state index in [0.29, 0.717) is 22.4 Å². The maximum Gasteiger partial charge on any atom is 0.214 e. The van der Waals surface area contributed by atoms with E-state index < -0.39 is 0 Å². The highest BCUT2D eigenvalue weighted by atomic mass is 16.5. The smallest absolute Gasteiger partial charge is 0.214 e. The largest absolute Gasteiger partial charge is 0.473 e. The van der Waals surface area contributed by atoms with Crippen molar-refractivity contribution in [1.29, 1.82) is 0 Å². The van der Waals surface area contributed by atoms with Crippen LogP contribution in [0.3, 0.4) is 0 Å². The normalized spacial score (nSPS) is 10.6. The highest BCUT2D eigenvalue weighted by molar-refractivity contribution is 6.02. The highest BCUT2D eigenvalue weighted by Gasteiger charge is 2.18. The summed E-state index contributed by atoms with van der Waals surface area (Å²) in [5.74, 6) is -0.710. The molecule has 0 unspecified atom stereocenters. The average molecular weight is 523 g/mol. The van der Waals surface area contributed by atoms with E-state index in [-0.39, 0.29) is 72.8 Å². The van der Waals surface area contributed by atoms with Gasteiger partial charge in [-0.15, -0.1) is 0 Å². The molecule has 0 bridgehead atoms. The van der Waals surface area contributed by atoms with Gasteiger partial charge in [0.25, 0.3) is 0 Å². The third-order valence-corrected chi connectivity index (χ3v) is 5.95. The van der Waals surface area contributed by atoms with Gasteiger partial charge in [0.05, 0.1) is 0 Å². The van der Waals surface area contributed by atoms with Crippen molar-refractivity contribution in [2.75, 3.05) is 0 Å². The summed E-state index contributed by atoms with van der Waals surface area (Å²) in [6.45, 7) is 1.80. The second kappa shape index (κ2) is 13.0. The van der Waals surface area contributed by atoms with Gasteiger partial charge in [0.1, 0.15) is 18.0 Å². The first-order valence-corrected chi connectivity index (χ1v) is 12.4. The highest BCUT2D eigenvalue weighted by Crippen LogP contribution is 2.19. The van der Waals surface area contributed by atoms with E-state index in [1.165, 1.54) is 12.4 Å². The second-order valence-corrected chi connectivity index (χ2v) is 8.74. The number of carbonyl (C=O) groups is 4. The lowest BCUT2D eigenvalue weighted by Gasteiger charge is -2.11. The molecule has 0 amide bonds. The number of ketones is 4. The minimum absolute atomic E-state index is 0.0343. The van der Waals surface area contributed by atoms with Gasteiger partial charge in [0, 0.05) is 61.5 Å². The van der Waals surface area contributed by atoms with E-state index in [1.807, 2.05) is 0 Å². The zero-order valence-electron chi connectivity index (χ0n) is 21.4. The molecular formula is C30H26N4O5. The summed E-state index contributed by atoms with van der Waals surface area (Å²) < 4.78 is 5.84. The Hall–Kier alpha value is -4.92. The Bertz CT molecular complexity index is 1490. The summed E-state index contributed by atoms with van der Waals surface area (Å²) in [4.78, 5) is 66.6. The third kappa shape index (κ3) is 7.32. The van der Waals surface area contributed by atoms with Crippen LogP contribution in [0.25, 0.3) is 0 Å². The molecule has 0 N–H and O–H groups in total. The van der Waals surface area contributed by atoms with Crippen LogP contribution < -0.4 is 4.74 Å². The Labute approximate surface area is 225 Å². The second-order valence-electron chi connectivity index (χ2n) is 8.74. The Morgan fingerprint density at radius 3 is 2.10 bits per heavy atom. The van der Waals surface area contributed by atoms with Crippen molar-refractivity contribution in [2.24, 2.45) is 0 Å². The first-order chi connectivity index (χ1) is 18.9. The summed E-state index contributed by atoms with van der Waals surface area (Å²) in [6, 6.07) is 17.1. The molecule has 4 rings (SSSR count). The molecule has 1 aromatic carbocycles. The van der Waals surface area contributed by atoms with Crippen LogP contribution >= 0.6 is 0 Å². The minimum Gasteiger partial charge on any atom is -0.473 e. The van der Waals surface area contributed by atoms with Crippen LogP contribution in [-0.2, 0) is 6.61 Å². The number of pyridine rings is 2. The van der Waals surface area contributed by atoms with Gasteiger partial charge < -0.3 is 4.74 Å². The van der Waals surface area contributed by atoms with Crippen LogP contribution in [0.2, 0.25) is 0 Å². The molecule has 3 heterocycles. The third-order valence-electron chi connectivity index (χ3n) is 5.95. The van der Waals surface area contributed by atoms with Crippen LogP contribution in [0.4, 0.5) is 0 Å². The van der Waals surface area contributed by atoms with Gasteiger partial charge in [-0.3, -0.25) is 24.2 Å². The molecule has 9 heteroatoms. The lowest BCUT2D eigenvalue weighted by molar-refractivity contribution is 0.0908. The number of carbonyl (C=O) groups excluding carboxylic acids is 4. The molecule has 3 aromatic heterocycles. The molecule has 0 atom stereocenters. The van der Waals surface area contributed by atoms with Crippen molar-refractivity contribution in [2.45, 2.75) is 39.2 Å². The van der Waals surface area contributed by atoms with Gasteiger partial charge in [-0.25, -0.2) is 15.0 Å². The summed E-state index contributed by atoms with van der Waals surface area (Å²) in [5.41, 5.74) is 2.29. The summed E-state index contributed by atoms with van der Waals surface area (Å²) in [5, 5.41) is 0. The predicted octanol–water partition coefficient (Wildman–Crippen LogP) is 4.85. The van der Waals surface area contributed by atoms with Gasteiger partial charge in [-0.05, 0) is 30.7 Å². The SMILES string of the molecule is Cc1ccc(OCc2ccccc2C(=O)CCC(=O)c2ccccn2)nc1C(=O)CCC(=O)c1ncccn1. The molecule has 4 aromatic rings. The van der Waals surface area contributed by atoms with Gasteiger partial charge >= 0.3 is 0 Å². The van der Waals surface area contributed by atoms with Crippen LogP contribution in [0.15, 0.2) is 79.3 Å². The maximum atomic E-state index is 12.9. The Kier molecular flexibility index (Phi) is 9.07. The van der Waals surface area contributed by atoms with Crippen molar-refractivity contribution in [3.05, 3.63) is 113 Å². The first-order valence-electron chi connectivity index (χ1n) is 12.4. The summed E-state index contributed by atoms with van der Waals surface area (Å²) >= 11 is 0. The average Bonchev–Trinajstić information content (AvgIpc) is 2.98. The van der Waals surface area contributed by atoms with E-state index in [9.17, 15) is 19.2 Å². The standard InChI is InChI=1S/C30H26N4O5/c1-20-10-15-28(34-29(20)26(37)13-14-27(38)30-32-17-6-18-33-30)39-19-21-7-2-3-8-22(21)24(35)11-12-25(36)23-9-4-5-16-31-23/h2-10,15-18H,11-14,19H2,1H3. The van der Waals surface area contributed by atoms with Crippen LogP contribution in [0.1, 0.15) is 78.8 Å². The number of hydrogen-bond acceptors (Lipinski definition) is 9. The number of benzene rings is 1. The number of Topliss-reactive ketones (excluding diaryl/α,β-unsaturated/α-hetero) is 4. The number of hydrogen-bond donors (Lipinski definition) is 0. The fraction of sp³-hybridized carbons (Fsp3) is 0.200. The number of aromatic nitrogens is 4. The van der Waals surface area contributed by atoms with E-state index in [4.69, 9.17) is 4.74 Å². The van der Waals surface area contributed by atoms with E-state index in [0.717, 1.165) is 0 Å². The molecule has 0 saturated heterocycles. The van der Waals surface area contributed by atoms with Crippen LogP contribution in [-0.4, -0.2) is 43.1 Å². The lowest BCUT2D eigenvalue weighted by atomic mass is 9.99. The number of nitrogens with zero attached hydrogens (tertiary/aromatic N) is 4. The molecule has 39 heavy (non-hydrogen) atoms. The zero-order valence-corrected chi connectivity index (χ0v) is 21.4. The fourth-order valence-corrected chi connectivity index (χ4v) is 3.86. The molecule has 0 aliphatic rings. The van der Waals surface area contributed by atoms with Crippen molar-refractivity contribution < 1.29 is 23.9 Å². The molecule has 0 radical (unpaired) electrons. The maximum absolute atomic E-state index is 12.9. The number of aryl methyl sites for hydroxylation is 1. The molecule has 9 nitrogen and oxygen atoms in total. The van der Waals surface area contributed by atoms with Gasteiger partial charge in [-0.2, -0.15) is 0 Å². The quantitative estimate of drug-likeness (QED) is 0.226. The molecule has 0 aliphatic carbocycles. The molecule has 0 fully saturated rings. The van der Waals surface area contributed by atoms with Crippen molar-refractivity contribution >= 4 is 23.1 Å². The van der Waals surface area contributed by atoms with E-state index in [2.05, 4.69) is 19.9 Å². The first kappa shape index (κ1) is 27.1. The topological polar surface area (TPSA) is 129 Å². The van der Waals surface area contributed by atoms with Crippen LogP contribution in [0.5, 0.6) is 5.88 Å². The zero-order chi connectivity index (χ0) is 27.6. The summed E-state index contributed by atoms with van der Waals surface area (Å²) in [6.07, 6.45) is 4.51. The number of ether oxygens (including phenoxy) is 1. The van der Waals surface area contributed by atoms with Crippen molar-refractivity contribution in [1.82, 2.24) is 19.9 Å². The Morgan fingerprint density at radius 2 is 1.33 bits per heavy atom. The molecular weight excluding hydrogens is 496 g/mol. The number of rotatable bonds is 13. The molecule has 0 aliphatic heterocycles. The van der Waals surface area contributed by atoms with Gasteiger partial charge in [0.15, 0.2) is 29.0 Å². The minimum atomic E-state index is -0.322. The van der Waals surface area contributed by atoms with Crippen molar-refractivity contribution in [3.8, 4) is 5.88 Å². The summed E-state index contributed by atoms with van der Waals surface area (Å²) in [7, 11) is 0. The Balaban J connectivity index is 1.37. The molecule has 0 spiro atoms. The van der Waals surface area contributed by atoms with Crippen LogP contribution in [0, 0.1) is 6.92 Å². The van der Waals surface area contributed by atoms with E-state index in [1.54, 1.807) is 73.8 Å². The predicted molar refractivity (Wildman–Crippen MR) is 142 cm³/mol. The fourth-order valence-electron chi connectivity index (χ4n) is 3.86.